The summed E-state index contributed by atoms with van der Waals surface area (Å²) in [6.07, 6.45) is 0.531. The Bertz CT molecular complexity index is 371. The van der Waals surface area contributed by atoms with Crippen LogP contribution >= 0.6 is 0 Å². The molecule has 1 rings (SSSR count). The fraction of sp³-hybridized carbons (Fsp3) is 0.571. The molecule has 2 N–H and O–H groups in total. The van der Waals surface area contributed by atoms with Crippen molar-refractivity contribution in [3.8, 4) is 0 Å². The first-order valence-electron chi connectivity index (χ1n) is 6.19. The summed E-state index contributed by atoms with van der Waals surface area (Å²) in [5.74, 6) is -0.963. The van der Waals surface area contributed by atoms with Gasteiger partial charge in [-0.15, -0.1) is 0 Å². The summed E-state index contributed by atoms with van der Waals surface area (Å²) < 4.78 is 25.9. The molecular weight excluding hydrogens is 236 g/mol. The van der Waals surface area contributed by atoms with Gasteiger partial charge in [0, 0.05) is 12.6 Å². The van der Waals surface area contributed by atoms with Gasteiger partial charge in [0.25, 0.3) is 0 Å². The molecule has 0 aliphatic heterocycles. The quantitative estimate of drug-likeness (QED) is 0.767. The molecule has 2 nitrogen and oxygen atoms in total. The molecule has 0 bridgehead atoms. The molecular formula is C14H21F2NO. The van der Waals surface area contributed by atoms with Crippen LogP contribution in [-0.2, 0) is 6.42 Å². The molecule has 0 saturated carbocycles. The van der Waals surface area contributed by atoms with Crippen LogP contribution in [0.1, 0.15) is 26.3 Å². The van der Waals surface area contributed by atoms with E-state index in [-0.39, 0.29) is 5.92 Å². The molecule has 4 heteroatoms. The largest absolute Gasteiger partial charge is 0.389 e. The van der Waals surface area contributed by atoms with Crippen LogP contribution < -0.4 is 5.32 Å². The summed E-state index contributed by atoms with van der Waals surface area (Å²) in [7, 11) is 0. The van der Waals surface area contributed by atoms with Crippen molar-refractivity contribution in [1.29, 1.82) is 0 Å². The highest BCUT2D eigenvalue weighted by Gasteiger charge is 2.23. The minimum absolute atomic E-state index is 0.150. The van der Waals surface area contributed by atoms with Crippen LogP contribution in [0.4, 0.5) is 8.78 Å². The Labute approximate surface area is 107 Å². The normalized spacial score (nSPS) is 14.8. The molecule has 0 amide bonds. The monoisotopic (exact) mass is 257 g/mol. The molecule has 1 aromatic carbocycles. The number of hydrogen-bond acceptors (Lipinski definition) is 2. The van der Waals surface area contributed by atoms with E-state index in [9.17, 15) is 13.9 Å². The standard InChI is InChI=1S/C14H21F2NO/c1-10(2)14(3,18)9-17-5-4-11-6-12(15)8-13(16)7-11/h6-8,10,17-18H,4-5,9H2,1-3H3. The van der Waals surface area contributed by atoms with E-state index in [4.69, 9.17) is 0 Å². The van der Waals surface area contributed by atoms with E-state index in [0.29, 0.717) is 25.1 Å². The van der Waals surface area contributed by atoms with Crippen molar-refractivity contribution in [3.63, 3.8) is 0 Å². The Hall–Kier alpha value is -1.00. The summed E-state index contributed by atoms with van der Waals surface area (Å²) in [5, 5.41) is 13.1. The highest BCUT2D eigenvalue weighted by Crippen LogP contribution is 2.14. The van der Waals surface area contributed by atoms with Crippen LogP contribution in [0, 0.1) is 17.6 Å². The number of rotatable bonds is 6. The Morgan fingerprint density at radius 1 is 1.22 bits per heavy atom. The fourth-order valence-corrected chi connectivity index (χ4v) is 1.53. The Kier molecular flexibility index (Phi) is 5.23. The lowest BCUT2D eigenvalue weighted by atomic mass is 9.92. The van der Waals surface area contributed by atoms with E-state index >= 15 is 0 Å². The van der Waals surface area contributed by atoms with Crippen molar-refractivity contribution < 1.29 is 13.9 Å². The maximum atomic E-state index is 12.9. The molecule has 0 saturated heterocycles. The molecule has 18 heavy (non-hydrogen) atoms. The van der Waals surface area contributed by atoms with Gasteiger partial charge in [0.05, 0.1) is 5.60 Å². The minimum Gasteiger partial charge on any atom is -0.389 e. The molecule has 1 atom stereocenters. The maximum Gasteiger partial charge on any atom is 0.126 e. The van der Waals surface area contributed by atoms with Crippen molar-refractivity contribution in [1.82, 2.24) is 5.32 Å². The molecule has 1 aromatic rings. The van der Waals surface area contributed by atoms with E-state index in [0.717, 1.165) is 6.07 Å². The molecule has 1 unspecified atom stereocenters. The van der Waals surface area contributed by atoms with Crippen LogP contribution in [0.5, 0.6) is 0 Å². The lowest BCUT2D eigenvalue weighted by molar-refractivity contribution is 0.0145. The van der Waals surface area contributed by atoms with Gasteiger partial charge < -0.3 is 10.4 Å². The van der Waals surface area contributed by atoms with E-state index in [1.165, 1.54) is 12.1 Å². The first-order valence-corrected chi connectivity index (χ1v) is 6.19. The van der Waals surface area contributed by atoms with Crippen LogP contribution in [0.2, 0.25) is 0 Å². The SMILES string of the molecule is CC(C)C(C)(O)CNCCc1cc(F)cc(F)c1. The first-order chi connectivity index (χ1) is 8.31. The van der Waals surface area contributed by atoms with Crippen molar-refractivity contribution >= 4 is 0 Å². The molecule has 0 radical (unpaired) electrons. The van der Waals surface area contributed by atoms with Crippen LogP contribution in [-0.4, -0.2) is 23.8 Å². The van der Waals surface area contributed by atoms with Gasteiger partial charge in [0.2, 0.25) is 0 Å². The average molecular weight is 257 g/mol. The number of benzene rings is 1. The number of hydrogen-bond donors (Lipinski definition) is 2. The van der Waals surface area contributed by atoms with Crippen LogP contribution in [0.3, 0.4) is 0 Å². The lowest BCUT2D eigenvalue weighted by Crippen LogP contribution is -2.42. The summed E-state index contributed by atoms with van der Waals surface area (Å²) in [6, 6.07) is 3.51. The van der Waals surface area contributed by atoms with E-state index in [2.05, 4.69) is 5.32 Å². The van der Waals surface area contributed by atoms with Crippen molar-refractivity contribution in [3.05, 3.63) is 35.4 Å². The molecule has 0 aliphatic rings. The van der Waals surface area contributed by atoms with Gasteiger partial charge in [-0.3, -0.25) is 0 Å². The highest BCUT2D eigenvalue weighted by atomic mass is 19.1. The summed E-state index contributed by atoms with van der Waals surface area (Å²) in [4.78, 5) is 0. The number of nitrogens with one attached hydrogen (secondary N) is 1. The van der Waals surface area contributed by atoms with Gasteiger partial charge in [0.15, 0.2) is 0 Å². The second kappa shape index (κ2) is 6.25. The zero-order chi connectivity index (χ0) is 13.8. The van der Waals surface area contributed by atoms with E-state index in [1.807, 2.05) is 13.8 Å². The predicted octanol–water partition coefficient (Wildman–Crippen LogP) is 2.50. The summed E-state index contributed by atoms with van der Waals surface area (Å²) in [6.45, 7) is 6.70. The van der Waals surface area contributed by atoms with Crippen molar-refractivity contribution in [2.75, 3.05) is 13.1 Å². The smallest absolute Gasteiger partial charge is 0.126 e. The van der Waals surface area contributed by atoms with Gasteiger partial charge in [-0.1, -0.05) is 13.8 Å². The third kappa shape index (κ3) is 4.70. The maximum absolute atomic E-state index is 12.9. The van der Waals surface area contributed by atoms with Crippen molar-refractivity contribution in [2.24, 2.45) is 5.92 Å². The predicted molar refractivity (Wildman–Crippen MR) is 68.4 cm³/mol. The Balaban J connectivity index is 2.38. The van der Waals surface area contributed by atoms with Gasteiger partial charge in [-0.25, -0.2) is 8.78 Å². The van der Waals surface area contributed by atoms with Crippen LogP contribution in [0.25, 0.3) is 0 Å². The minimum atomic E-state index is -0.771. The van der Waals surface area contributed by atoms with Gasteiger partial charge in [-0.2, -0.15) is 0 Å². The molecule has 0 heterocycles. The molecule has 0 fully saturated rings. The molecule has 0 spiro atoms. The second-order valence-corrected chi connectivity index (χ2v) is 5.22. The topological polar surface area (TPSA) is 32.3 Å². The number of aliphatic hydroxyl groups is 1. The first kappa shape index (κ1) is 15.1. The lowest BCUT2D eigenvalue weighted by Gasteiger charge is -2.28. The summed E-state index contributed by atoms with van der Waals surface area (Å²) in [5.41, 5.74) is -0.156. The third-order valence-electron chi connectivity index (χ3n) is 3.24. The van der Waals surface area contributed by atoms with E-state index < -0.39 is 17.2 Å². The van der Waals surface area contributed by atoms with Crippen molar-refractivity contribution in [2.45, 2.75) is 32.8 Å². The van der Waals surface area contributed by atoms with Gasteiger partial charge in [0.1, 0.15) is 11.6 Å². The van der Waals surface area contributed by atoms with Crippen LogP contribution in [0.15, 0.2) is 18.2 Å². The fourth-order valence-electron chi connectivity index (χ4n) is 1.53. The van der Waals surface area contributed by atoms with Gasteiger partial charge in [-0.05, 0) is 43.5 Å². The average Bonchev–Trinajstić information content (AvgIpc) is 2.23. The second-order valence-electron chi connectivity index (χ2n) is 5.22. The molecule has 102 valence electrons. The molecule has 0 aromatic heterocycles. The zero-order valence-corrected chi connectivity index (χ0v) is 11.1. The number of halogens is 2. The van der Waals surface area contributed by atoms with E-state index in [1.54, 1.807) is 6.92 Å². The third-order valence-corrected chi connectivity index (χ3v) is 3.24. The molecule has 0 aliphatic carbocycles. The highest BCUT2D eigenvalue weighted by molar-refractivity contribution is 5.18. The zero-order valence-electron chi connectivity index (χ0n) is 11.1. The Morgan fingerprint density at radius 2 is 1.78 bits per heavy atom. The summed E-state index contributed by atoms with van der Waals surface area (Å²) >= 11 is 0. The Morgan fingerprint density at radius 3 is 2.28 bits per heavy atom. The van der Waals surface area contributed by atoms with Gasteiger partial charge >= 0.3 is 0 Å².